The van der Waals surface area contributed by atoms with Crippen molar-refractivity contribution >= 4 is 41.2 Å². The van der Waals surface area contributed by atoms with Gasteiger partial charge in [0.05, 0.1) is 21.8 Å². The van der Waals surface area contributed by atoms with Gasteiger partial charge in [-0.25, -0.2) is 19.9 Å². The van der Waals surface area contributed by atoms with Crippen molar-refractivity contribution in [3.05, 3.63) is 48.4 Å². The molecule has 0 fully saturated rings. The summed E-state index contributed by atoms with van der Waals surface area (Å²) < 4.78 is 1.98. The molecule has 2 N–H and O–H groups in total. The van der Waals surface area contributed by atoms with Crippen molar-refractivity contribution in [3.8, 4) is 21.1 Å². The molecule has 4 rings (SSSR count). The molecular weight excluding hydrogens is 392 g/mol. The van der Waals surface area contributed by atoms with Gasteiger partial charge in [-0.1, -0.05) is 0 Å². The van der Waals surface area contributed by atoms with Crippen molar-refractivity contribution in [1.29, 1.82) is 0 Å². The molecule has 146 valence electrons. The Morgan fingerprint density at radius 1 is 1.18 bits per heavy atom. The Morgan fingerprint density at radius 2 is 1.86 bits per heavy atom. The molecule has 0 radical (unpaired) electrons. The van der Waals surface area contributed by atoms with Gasteiger partial charge in [0.2, 0.25) is 0 Å². The predicted octanol–water partition coefficient (Wildman–Crippen LogP) is 3.40. The fraction of sp³-hybridized carbons (Fsp3) is 0.211. The number of aryl methyl sites for hydroxylation is 2. The van der Waals surface area contributed by atoms with Gasteiger partial charge in [0.1, 0.15) is 17.0 Å². The molecule has 0 aliphatic rings. The minimum Gasteiger partial charge on any atom is -0.350 e. The van der Waals surface area contributed by atoms with Gasteiger partial charge in [-0.05, 0) is 32.4 Å². The zero-order valence-corrected chi connectivity index (χ0v) is 17.8. The molecule has 9 heteroatoms. The summed E-state index contributed by atoms with van der Waals surface area (Å²) in [5.41, 5.74) is 8.41. The van der Waals surface area contributed by atoms with E-state index in [0.717, 1.165) is 44.0 Å². The van der Waals surface area contributed by atoms with Gasteiger partial charge in [0, 0.05) is 36.6 Å². The van der Waals surface area contributed by atoms with Gasteiger partial charge >= 0.3 is 0 Å². The van der Waals surface area contributed by atoms with E-state index in [2.05, 4.69) is 38.3 Å². The zero-order chi connectivity index (χ0) is 20.7. The number of nitrogens with two attached hydrogens (primary N) is 1. The molecule has 4 aromatic heterocycles. The third kappa shape index (κ3) is 4.27. The monoisotopic (exact) mass is 414 g/mol. The van der Waals surface area contributed by atoms with E-state index in [1.54, 1.807) is 24.7 Å². The molecule has 4 heterocycles. The van der Waals surface area contributed by atoms with Crippen LogP contribution in [0.15, 0.2) is 37.1 Å². The number of fused-ring (bicyclic) bond motifs is 1. The fourth-order valence-electron chi connectivity index (χ4n) is 2.67. The van der Waals surface area contributed by atoms with Crippen LogP contribution in [-0.2, 0) is 7.05 Å². The molecule has 0 saturated heterocycles. The number of thiol groups is 1. The lowest BCUT2D eigenvalue weighted by Gasteiger charge is -2.04. The minimum absolute atomic E-state index is 0.414. The summed E-state index contributed by atoms with van der Waals surface area (Å²) in [5, 5.41) is 1.84. The average Bonchev–Trinajstić information content (AvgIpc) is 3.34. The van der Waals surface area contributed by atoms with Crippen molar-refractivity contribution in [2.45, 2.75) is 6.92 Å². The molecule has 7 nitrogen and oxygen atoms in total. The van der Waals surface area contributed by atoms with E-state index in [-0.39, 0.29) is 0 Å². The molecule has 0 spiro atoms. The molecule has 0 aromatic carbocycles. The highest BCUT2D eigenvalue weighted by molar-refractivity contribution is 7.79. The average molecular weight is 415 g/mol. The van der Waals surface area contributed by atoms with Crippen LogP contribution >= 0.6 is 24.0 Å². The molecule has 0 saturated carbocycles. The molecule has 0 aliphatic carbocycles. The topological polar surface area (TPSA) is 99.6 Å². The second-order valence-corrected chi connectivity index (χ2v) is 6.43. The Kier molecular flexibility index (Phi) is 7.80. The second kappa shape index (κ2) is 10.1. The first-order valence-corrected chi connectivity index (χ1v) is 10.1. The van der Waals surface area contributed by atoms with Crippen LogP contribution in [0.3, 0.4) is 0 Å². The zero-order valence-electron chi connectivity index (χ0n) is 16.1. The van der Waals surface area contributed by atoms with Gasteiger partial charge in [-0.15, -0.1) is 11.3 Å². The highest BCUT2D eigenvalue weighted by atomic mass is 32.1. The maximum absolute atomic E-state index is 11.3. The first kappa shape index (κ1) is 21.7. The van der Waals surface area contributed by atoms with Crippen LogP contribution in [0.5, 0.6) is 0 Å². The Hall–Kier alpha value is -2.62. The summed E-state index contributed by atoms with van der Waals surface area (Å²) in [6, 6.07) is 3.81. The van der Waals surface area contributed by atoms with Crippen molar-refractivity contribution in [2.24, 2.45) is 12.8 Å². The summed E-state index contributed by atoms with van der Waals surface area (Å²) >= 11 is 5.06. The molecule has 0 amide bonds. The lowest BCUT2D eigenvalue weighted by Crippen LogP contribution is -1.94. The van der Waals surface area contributed by atoms with Crippen molar-refractivity contribution in [1.82, 2.24) is 24.5 Å². The van der Waals surface area contributed by atoms with Crippen molar-refractivity contribution in [3.63, 3.8) is 0 Å². The molecule has 0 unspecified atom stereocenters. The number of thiazole rings is 1. The number of carbonyl (C=O) groups excluding carboxylic acids is 1. The predicted molar refractivity (Wildman–Crippen MR) is 118 cm³/mol. The maximum atomic E-state index is 11.3. The fourth-order valence-corrected chi connectivity index (χ4v) is 3.71. The van der Waals surface area contributed by atoms with Gasteiger partial charge < -0.3 is 10.3 Å². The summed E-state index contributed by atoms with van der Waals surface area (Å²) in [6.07, 6.45) is 9.41. The lowest BCUT2D eigenvalue weighted by atomic mass is 10.1. The number of pyridine rings is 1. The summed E-state index contributed by atoms with van der Waals surface area (Å²) in [5.74, 6) is 0. The van der Waals surface area contributed by atoms with Crippen LogP contribution in [0.1, 0.15) is 16.2 Å². The number of rotatable bonds is 3. The third-order valence-electron chi connectivity index (χ3n) is 3.84. The Labute approximate surface area is 173 Å². The highest BCUT2D eigenvalue weighted by Gasteiger charge is 2.17. The normalized spacial score (nSPS) is 9.93. The molecule has 0 atom stereocenters. The molecule has 4 aromatic rings. The van der Waals surface area contributed by atoms with Gasteiger partial charge in [-0.3, -0.25) is 4.79 Å². The first-order valence-electron chi connectivity index (χ1n) is 8.34. The van der Waals surface area contributed by atoms with Crippen molar-refractivity contribution in [2.75, 3.05) is 13.3 Å². The molecule has 28 heavy (non-hydrogen) atoms. The van der Waals surface area contributed by atoms with Crippen LogP contribution in [0.25, 0.3) is 32.0 Å². The molecule has 0 bridgehead atoms. The van der Waals surface area contributed by atoms with Gasteiger partial charge in [0.15, 0.2) is 6.29 Å². The number of nitrogens with zero attached hydrogens (tertiary/aromatic N) is 5. The first-order chi connectivity index (χ1) is 13.7. The van der Waals surface area contributed by atoms with Crippen molar-refractivity contribution < 1.29 is 4.79 Å². The van der Waals surface area contributed by atoms with Crippen LogP contribution < -0.4 is 5.73 Å². The van der Waals surface area contributed by atoms with Gasteiger partial charge in [0.25, 0.3) is 0 Å². The SMILES string of the molecule is CN.CS.Cc1nc(-c2cncnc2)sc1-c1nc(C=O)cc2c1ccn2C. The Morgan fingerprint density at radius 3 is 2.50 bits per heavy atom. The largest absolute Gasteiger partial charge is 0.350 e. The summed E-state index contributed by atoms with van der Waals surface area (Å²) in [7, 11) is 3.45. The van der Waals surface area contributed by atoms with Crippen LogP contribution in [-0.4, -0.2) is 44.1 Å². The van der Waals surface area contributed by atoms with E-state index < -0.39 is 0 Å². The Bertz CT molecular complexity index is 1060. The smallest absolute Gasteiger partial charge is 0.168 e. The standard InChI is InChI=1S/C17H13N5OS.CH5N.CH4S/c1-10-16(24-17(20-10)11-6-18-9-19-7-11)15-13-3-4-22(2)14(13)5-12(8-23)21-15;2*1-2/h3-9H,1-2H3;2H2,1H3;2H,1H3. The maximum Gasteiger partial charge on any atom is 0.168 e. The van der Waals surface area contributed by atoms with E-state index >= 15 is 0 Å². The Balaban J connectivity index is 0.000000660. The van der Waals surface area contributed by atoms with E-state index in [1.165, 1.54) is 24.7 Å². The highest BCUT2D eigenvalue weighted by Crippen LogP contribution is 2.37. The van der Waals surface area contributed by atoms with E-state index in [0.29, 0.717) is 5.69 Å². The van der Waals surface area contributed by atoms with E-state index in [9.17, 15) is 4.79 Å². The number of carbonyl (C=O) groups is 1. The van der Waals surface area contributed by atoms with Crippen LogP contribution in [0, 0.1) is 6.92 Å². The number of hydrogen-bond acceptors (Lipinski definition) is 8. The quantitative estimate of drug-likeness (QED) is 0.394. The lowest BCUT2D eigenvalue weighted by molar-refractivity contribution is 0.111. The summed E-state index contributed by atoms with van der Waals surface area (Å²) in [4.78, 5) is 29.5. The van der Waals surface area contributed by atoms with Gasteiger partial charge in [-0.2, -0.15) is 12.6 Å². The number of aldehydes is 1. The second-order valence-electron chi connectivity index (χ2n) is 5.43. The van der Waals surface area contributed by atoms with Crippen LogP contribution in [0.4, 0.5) is 0 Å². The number of hydrogen-bond donors (Lipinski definition) is 2. The number of aromatic nitrogens is 5. The van der Waals surface area contributed by atoms with Crippen LogP contribution in [0.2, 0.25) is 0 Å². The van der Waals surface area contributed by atoms with E-state index in [1.807, 2.05) is 30.8 Å². The summed E-state index contributed by atoms with van der Waals surface area (Å²) in [6.45, 7) is 1.95. The third-order valence-corrected chi connectivity index (χ3v) is 5.05. The van der Waals surface area contributed by atoms with E-state index in [4.69, 9.17) is 0 Å². The molecule has 0 aliphatic heterocycles. The molecular formula is C19H22N6OS2. The minimum atomic E-state index is 0.414.